The number of nitrogens with zero attached hydrogens (tertiary/aromatic N) is 2. The molecule has 1 aliphatic rings. The predicted molar refractivity (Wildman–Crippen MR) is 71.9 cm³/mol. The van der Waals surface area contributed by atoms with Crippen LogP contribution in [0.5, 0.6) is 0 Å². The SMILES string of the molecule is CN(CC(=O)N1CC[C@@H](N)C1)Cc1ccccc1. The number of carbonyl (C=O) groups is 1. The average molecular weight is 247 g/mol. The summed E-state index contributed by atoms with van der Waals surface area (Å²) in [7, 11) is 1.97. The lowest BCUT2D eigenvalue weighted by Gasteiger charge is -2.21. The summed E-state index contributed by atoms with van der Waals surface area (Å²) in [5.41, 5.74) is 7.04. The number of benzene rings is 1. The number of carbonyl (C=O) groups excluding carboxylic acids is 1. The molecule has 1 aromatic carbocycles. The van der Waals surface area contributed by atoms with E-state index in [2.05, 4.69) is 12.1 Å². The second-order valence-corrected chi connectivity index (χ2v) is 5.05. The maximum absolute atomic E-state index is 12.0. The molecule has 0 radical (unpaired) electrons. The smallest absolute Gasteiger partial charge is 0.236 e. The second kappa shape index (κ2) is 5.98. The molecule has 0 spiro atoms. The third-order valence-corrected chi connectivity index (χ3v) is 3.28. The lowest BCUT2D eigenvalue weighted by Crippen LogP contribution is -2.38. The van der Waals surface area contributed by atoms with Crippen LogP contribution in [0.4, 0.5) is 0 Å². The van der Waals surface area contributed by atoms with E-state index in [0.717, 1.165) is 19.5 Å². The Balaban J connectivity index is 1.80. The zero-order valence-electron chi connectivity index (χ0n) is 10.9. The van der Waals surface area contributed by atoms with Crippen molar-refractivity contribution in [1.29, 1.82) is 0 Å². The summed E-state index contributed by atoms with van der Waals surface area (Å²) in [5, 5.41) is 0. The van der Waals surface area contributed by atoms with Gasteiger partial charge in [-0.3, -0.25) is 9.69 Å². The number of likely N-dealkylation sites (tertiary alicyclic amines) is 1. The van der Waals surface area contributed by atoms with Gasteiger partial charge in [0.2, 0.25) is 5.91 Å². The zero-order chi connectivity index (χ0) is 13.0. The summed E-state index contributed by atoms with van der Waals surface area (Å²) in [4.78, 5) is 15.9. The van der Waals surface area contributed by atoms with Gasteiger partial charge in [0, 0.05) is 25.7 Å². The average Bonchev–Trinajstić information content (AvgIpc) is 2.77. The van der Waals surface area contributed by atoms with E-state index in [1.807, 2.05) is 35.0 Å². The van der Waals surface area contributed by atoms with Crippen LogP contribution in [0.1, 0.15) is 12.0 Å². The van der Waals surface area contributed by atoms with Crippen molar-refractivity contribution in [3.63, 3.8) is 0 Å². The maximum atomic E-state index is 12.0. The van der Waals surface area contributed by atoms with Gasteiger partial charge >= 0.3 is 0 Å². The molecule has 2 rings (SSSR count). The van der Waals surface area contributed by atoms with Gasteiger partial charge in [0.15, 0.2) is 0 Å². The molecule has 0 aromatic heterocycles. The Morgan fingerprint density at radius 1 is 1.44 bits per heavy atom. The molecule has 98 valence electrons. The molecule has 1 saturated heterocycles. The molecule has 1 aromatic rings. The van der Waals surface area contributed by atoms with Crippen LogP contribution in [-0.2, 0) is 11.3 Å². The summed E-state index contributed by atoms with van der Waals surface area (Å²) in [6.07, 6.45) is 0.925. The molecule has 0 unspecified atom stereocenters. The Hall–Kier alpha value is -1.39. The fraction of sp³-hybridized carbons (Fsp3) is 0.500. The number of nitrogens with two attached hydrogens (primary N) is 1. The number of hydrogen-bond donors (Lipinski definition) is 1. The molecule has 1 aliphatic heterocycles. The van der Waals surface area contributed by atoms with Gasteiger partial charge in [-0.2, -0.15) is 0 Å². The molecule has 1 heterocycles. The van der Waals surface area contributed by atoms with Crippen LogP contribution in [0.25, 0.3) is 0 Å². The molecule has 0 saturated carbocycles. The first-order valence-electron chi connectivity index (χ1n) is 6.41. The molecule has 1 atom stereocenters. The Kier molecular flexibility index (Phi) is 4.33. The van der Waals surface area contributed by atoms with Crippen LogP contribution in [-0.4, -0.2) is 48.4 Å². The maximum Gasteiger partial charge on any atom is 0.236 e. The Bertz CT molecular complexity index is 393. The number of amides is 1. The molecule has 1 fully saturated rings. The summed E-state index contributed by atoms with van der Waals surface area (Å²) in [6.45, 7) is 2.77. The lowest BCUT2D eigenvalue weighted by atomic mass is 10.2. The number of rotatable bonds is 4. The van der Waals surface area contributed by atoms with E-state index in [1.165, 1.54) is 5.56 Å². The Morgan fingerprint density at radius 3 is 2.78 bits per heavy atom. The van der Waals surface area contributed by atoms with Crippen LogP contribution in [0.3, 0.4) is 0 Å². The summed E-state index contributed by atoms with van der Waals surface area (Å²) < 4.78 is 0. The summed E-state index contributed by atoms with van der Waals surface area (Å²) >= 11 is 0. The van der Waals surface area contributed by atoms with E-state index in [1.54, 1.807) is 0 Å². The highest BCUT2D eigenvalue weighted by Crippen LogP contribution is 2.08. The minimum absolute atomic E-state index is 0.161. The van der Waals surface area contributed by atoms with Crippen molar-refractivity contribution in [2.75, 3.05) is 26.7 Å². The normalized spacial score (nSPS) is 19.5. The van der Waals surface area contributed by atoms with Gasteiger partial charge in [-0.15, -0.1) is 0 Å². The first-order valence-corrected chi connectivity index (χ1v) is 6.41. The van der Waals surface area contributed by atoms with Crippen molar-refractivity contribution in [3.05, 3.63) is 35.9 Å². The first kappa shape index (κ1) is 13.1. The van der Waals surface area contributed by atoms with E-state index >= 15 is 0 Å². The van der Waals surface area contributed by atoms with Gasteiger partial charge < -0.3 is 10.6 Å². The quantitative estimate of drug-likeness (QED) is 0.851. The molecule has 18 heavy (non-hydrogen) atoms. The monoisotopic (exact) mass is 247 g/mol. The van der Waals surface area contributed by atoms with E-state index in [9.17, 15) is 4.79 Å². The number of hydrogen-bond acceptors (Lipinski definition) is 3. The highest BCUT2D eigenvalue weighted by molar-refractivity contribution is 5.78. The van der Waals surface area contributed by atoms with Crippen molar-refractivity contribution >= 4 is 5.91 Å². The van der Waals surface area contributed by atoms with Crippen LogP contribution in [0.15, 0.2) is 30.3 Å². The van der Waals surface area contributed by atoms with E-state index in [0.29, 0.717) is 13.1 Å². The van der Waals surface area contributed by atoms with Crippen LogP contribution in [0.2, 0.25) is 0 Å². The topological polar surface area (TPSA) is 49.6 Å². The van der Waals surface area contributed by atoms with Gasteiger partial charge in [-0.1, -0.05) is 30.3 Å². The standard InChI is InChI=1S/C14H21N3O/c1-16(9-12-5-3-2-4-6-12)11-14(18)17-8-7-13(15)10-17/h2-6,13H,7-11,15H2,1H3/t13-/m1/s1. The predicted octanol–water partition coefficient (Wildman–Crippen LogP) is 0.678. The fourth-order valence-corrected chi connectivity index (χ4v) is 2.30. The van der Waals surface area contributed by atoms with E-state index < -0.39 is 0 Å². The summed E-state index contributed by atoms with van der Waals surface area (Å²) in [6, 6.07) is 10.3. The molecule has 1 amide bonds. The molecule has 0 bridgehead atoms. The second-order valence-electron chi connectivity index (χ2n) is 5.05. The molecule has 4 heteroatoms. The van der Waals surface area contributed by atoms with E-state index in [4.69, 9.17) is 5.73 Å². The molecular weight excluding hydrogens is 226 g/mol. The number of likely N-dealkylation sites (N-methyl/N-ethyl adjacent to an activating group) is 1. The van der Waals surface area contributed by atoms with Crippen LogP contribution < -0.4 is 5.73 Å². The highest BCUT2D eigenvalue weighted by atomic mass is 16.2. The molecule has 2 N–H and O–H groups in total. The third kappa shape index (κ3) is 3.55. The molecular formula is C14H21N3O. The highest BCUT2D eigenvalue weighted by Gasteiger charge is 2.23. The van der Waals surface area contributed by atoms with Gasteiger partial charge in [0.05, 0.1) is 6.54 Å². The lowest BCUT2D eigenvalue weighted by molar-refractivity contribution is -0.131. The fourth-order valence-electron chi connectivity index (χ4n) is 2.30. The molecule has 0 aliphatic carbocycles. The Morgan fingerprint density at radius 2 is 2.17 bits per heavy atom. The summed E-state index contributed by atoms with van der Waals surface area (Å²) in [5.74, 6) is 0.182. The largest absolute Gasteiger partial charge is 0.340 e. The van der Waals surface area contributed by atoms with Crippen molar-refractivity contribution in [3.8, 4) is 0 Å². The van der Waals surface area contributed by atoms with Crippen molar-refractivity contribution in [2.45, 2.75) is 19.0 Å². The van der Waals surface area contributed by atoms with Crippen LogP contribution >= 0.6 is 0 Å². The first-order chi connectivity index (χ1) is 8.65. The third-order valence-electron chi connectivity index (χ3n) is 3.28. The van der Waals surface area contributed by atoms with Crippen molar-refractivity contribution in [1.82, 2.24) is 9.80 Å². The minimum Gasteiger partial charge on any atom is -0.340 e. The Labute approximate surface area is 108 Å². The van der Waals surface area contributed by atoms with Gasteiger partial charge in [0.25, 0.3) is 0 Å². The van der Waals surface area contributed by atoms with Crippen molar-refractivity contribution < 1.29 is 4.79 Å². The van der Waals surface area contributed by atoms with Crippen molar-refractivity contribution in [2.24, 2.45) is 5.73 Å². The van der Waals surface area contributed by atoms with Gasteiger partial charge in [-0.25, -0.2) is 0 Å². The zero-order valence-corrected chi connectivity index (χ0v) is 10.9. The van der Waals surface area contributed by atoms with Crippen LogP contribution in [0, 0.1) is 0 Å². The van der Waals surface area contributed by atoms with Gasteiger partial charge in [0.1, 0.15) is 0 Å². The van der Waals surface area contributed by atoms with E-state index in [-0.39, 0.29) is 11.9 Å². The minimum atomic E-state index is 0.161. The molecule has 4 nitrogen and oxygen atoms in total. The van der Waals surface area contributed by atoms with Gasteiger partial charge in [-0.05, 0) is 19.0 Å².